The van der Waals surface area contributed by atoms with Crippen LogP contribution in [0.1, 0.15) is 104 Å². The topological polar surface area (TPSA) is 450 Å². The Morgan fingerprint density at radius 2 is 0.657 bits per heavy atom. The molecule has 6 aliphatic heterocycles. The zero-order chi connectivity index (χ0) is 91.4. The minimum absolute atomic E-state index is 0.181. The highest BCUT2D eigenvalue weighted by atomic mass is 16.5. The van der Waals surface area contributed by atoms with Crippen LogP contribution in [0.5, 0.6) is 0 Å². The molecule has 0 aliphatic carbocycles. The number of nitrogens with one attached hydrogen (secondary N) is 8. The van der Waals surface area contributed by atoms with Crippen molar-refractivity contribution in [2.75, 3.05) is 138 Å². The molecule has 4 amide bonds. The van der Waals surface area contributed by atoms with Gasteiger partial charge in [-0.2, -0.15) is 20.4 Å². The number of pyridine rings is 8. The Bertz CT molecular complexity index is 6800. The van der Waals surface area contributed by atoms with Crippen LogP contribution in [0.4, 0.5) is 51.7 Å². The van der Waals surface area contributed by atoms with Crippen molar-refractivity contribution in [3.63, 3.8) is 0 Å². The predicted molar refractivity (Wildman–Crippen MR) is 516 cm³/mol. The molecule has 0 radical (unpaired) electrons. The number of amides is 4. The van der Waals surface area contributed by atoms with Crippen LogP contribution in [-0.2, 0) is 17.8 Å². The molecule has 35 heteroatoms. The van der Waals surface area contributed by atoms with E-state index in [0.29, 0.717) is 56.6 Å². The highest BCUT2D eigenvalue weighted by molar-refractivity contribution is 6.15. The van der Waals surface area contributed by atoms with Crippen molar-refractivity contribution in [2.45, 2.75) is 82.8 Å². The lowest BCUT2D eigenvalue weighted by Crippen LogP contribution is -2.37. The van der Waals surface area contributed by atoms with Crippen molar-refractivity contribution in [2.24, 2.45) is 0 Å². The molecule has 16 aromatic rings. The maximum Gasteiger partial charge on any atom is 0.276 e. The van der Waals surface area contributed by atoms with Crippen LogP contribution in [0.25, 0.3) is 88.1 Å². The quantitative estimate of drug-likeness (QED) is 0.0337. The van der Waals surface area contributed by atoms with Crippen LogP contribution in [0, 0.1) is 0 Å². The molecule has 134 heavy (non-hydrogen) atoms. The van der Waals surface area contributed by atoms with Crippen molar-refractivity contribution in [1.82, 2.24) is 90.5 Å². The predicted octanol–water partition coefficient (Wildman–Crippen LogP) is 12.8. The summed E-state index contributed by atoms with van der Waals surface area (Å²) in [6.45, 7) is 14.0. The SMILES string of the molecule is Nc1cncc(-c2ccc3[nH]nc(C(=O)Nc4ccc(N5CCC(O)CC5)nc4)c3c2)c1.O=C(Nc1ccc(N2CCC(O)CC2)nc1)c1n[nH]c2ccc(-c3cccnc3)cc12.O=C(Nc1ccc(N2CCC2)nc1)c1n[nH]c2ccc(-c3cncc(CN4CCC(O)CC4)c3)cc12.O=C(Nc1ccc(N2CCC2)nc1)c1n[nH]c2ccc(-c3cncc(CN4CCOCC4)c3)cc12. The summed E-state index contributed by atoms with van der Waals surface area (Å²) in [5.41, 5.74) is 23.3. The van der Waals surface area contributed by atoms with Gasteiger partial charge in [-0.25, -0.2) is 19.9 Å². The molecule has 6 saturated heterocycles. The standard InChI is InChI=1S/C27H29N7O2.C26H27N7O2.C23H23N7O2.C23H22N6O2/c35-22-6-10-33(11-7-22)17-18-12-20(15-28-14-18)19-2-4-24-23(13-19)26(32-31-24)27(36)30-21-3-5-25(29-16-21)34-8-1-9-34;34-26(29-21-3-5-24(28-16-21)33-6-1-7-33)25-22-13-19(2-4-23(22)30-31-25)20-12-18(14-27-15-20)17-32-8-10-35-11-9-32;24-16-9-15(11-25-12-16)14-1-3-20-19(10-14)22(29-28-20)23(32)27-17-2-4-21(26-13-17)30-7-5-18(31)6-8-30;30-18-7-10-29(11-8-18)21-6-4-17(14-25-21)26-23(31)22-19-12-15(3-5-20(19)27-28-22)16-2-1-9-24-13-16/h2-5,12-16,22,35H,1,6-11,17H2,(H,30,36)(H,31,32);2-5,12-16H,1,6-11,17H2,(H,29,34)(H,30,31);1-4,9-13,18,31H,5-8,24H2,(H,27,32)(H,28,29);1-6,9,12-14,18,30H,7-8,10-11H2,(H,26,31)(H,27,28). The number of fused-ring (bicyclic) bond motifs is 4. The molecule has 12 aromatic heterocycles. The first-order valence-electron chi connectivity index (χ1n) is 45.2. The lowest BCUT2D eigenvalue weighted by molar-refractivity contribution is 0.0341. The average Bonchev–Trinajstić information content (AvgIpc) is 1.65. The summed E-state index contributed by atoms with van der Waals surface area (Å²) in [7, 11) is 0. The molecule has 0 unspecified atom stereocenters. The molecular formula is C99H101N27O8. The van der Waals surface area contributed by atoms with Gasteiger partial charge in [-0.1, -0.05) is 30.3 Å². The van der Waals surface area contributed by atoms with Crippen molar-refractivity contribution >= 4 is 119 Å². The Balaban J connectivity index is 0.000000115. The summed E-state index contributed by atoms with van der Waals surface area (Å²) < 4.78 is 5.45. The second-order valence-electron chi connectivity index (χ2n) is 34.2. The van der Waals surface area contributed by atoms with Gasteiger partial charge < -0.3 is 66.7 Å². The van der Waals surface area contributed by atoms with E-state index in [1.165, 1.54) is 12.8 Å². The van der Waals surface area contributed by atoms with E-state index >= 15 is 0 Å². The molecular weight excluding hydrogens is 1700 g/mol. The van der Waals surface area contributed by atoms with Crippen LogP contribution >= 0.6 is 0 Å². The number of carbonyl (C=O) groups is 4. The Morgan fingerprint density at radius 3 is 0.978 bits per heavy atom. The van der Waals surface area contributed by atoms with E-state index in [1.54, 1.807) is 49.6 Å². The number of morpholine rings is 1. The van der Waals surface area contributed by atoms with E-state index in [4.69, 9.17) is 10.5 Å². The zero-order valence-electron chi connectivity index (χ0n) is 73.6. The maximum atomic E-state index is 13.1. The number of hydrogen-bond acceptors (Lipinski definition) is 27. The van der Waals surface area contributed by atoms with E-state index in [2.05, 4.69) is 143 Å². The van der Waals surface area contributed by atoms with Gasteiger partial charge in [-0.3, -0.25) is 69.3 Å². The van der Waals surface area contributed by atoms with Crippen molar-refractivity contribution < 1.29 is 39.2 Å². The minimum Gasteiger partial charge on any atom is -0.397 e. The Kier molecular flexibility index (Phi) is 26.6. The number of piperidine rings is 3. The number of anilines is 9. The number of nitrogens with zero attached hydrogens (tertiary/aromatic N) is 18. The normalized spacial score (nSPS) is 15.6. The number of hydrogen-bond donors (Lipinski definition) is 12. The van der Waals surface area contributed by atoms with Crippen molar-refractivity contribution in [3.05, 3.63) is 260 Å². The fraction of sp³-hybridized carbons (Fsp3) is 0.273. The first-order chi connectivity index (χ1) is 65.6. The number of nitrogen functional groups attached to an aromatic ring is 1. The fourth-order valence-electron chi connectivity index (χ4n) is 17.1. The number of nitrogens with two attached hydrogens (primary N) is 1. The van der Waals surface area contributed by atoms with E-state index in [-0.39, 0.29) is 41.9 Å². The van der Waals surface area contributed by atoms with Gasteiger partial charge in [0.15, 0.2) is 22.8 Å². The average molecular weight is 1800 g/mol. The Hall–Kier alpha value is -15.4. The molecule has 680 valence electrons. The first-order valence-corrected chi connectivity index (χ1v) is 45.2. The molecule has 0 atom stereocenters. The van der Waals surface area contributed by atoms with E-state index in [1.807, 2.05) is 164 Å². The lowest BCUT2D eigenvalue weighted by Gasteiger charge is -2.31. The number of aromatic amines is 4. The van der Waals surface area contributed by atoms with Crippen LogP contribution in [-0.4, -0.2) is 239 Å². The third-order valence-corrected chi connectivity index (χ3v) is 24.9. The van der Waals surface area contributed by atoms with Crippen LogP contribution in [0.15, 0.2) is 226 Å². The highest BCUT2D eigenvalue weighted by Gasteiger charge is 2.27. The molecule has 0 bridgehead atoms. The monoisotopic (exact) mass is 1800 g/mol. The van der Waals surface area contributed by atoms with Gasteiger partial charge in [-0.05, 0) is 206 Å². The number of aromatic nitrogens is 16. The van der Waals surface area contributed by atoms with Gasteiger partial charge in [0, 0.05) is 185 Å². The van der Waals surface area contributed by atoms with E-state index < -0.39 is 0 Å². The first kappa shape index (κ1) is 87.9. The molecule has 0 spiro atoms. The summed E-state index contributed by atoms with van der Waals surface area (Å²) in [5.74, 6) is 2.37. The van der Waals surface area contributed by atoms with Gasteiger partial charge in [0.2, 0.25) is 0 Å². The summed E-state index contributed by atoms with van der Waals surface area (Å²) >= 11 is 0. The van der Waals surface area contributed by atoms with Gasteiger partial charge >= 0.3 is 0 Å². The van der Waals surface area contributed by atoms with Gasteiger partial charge in [0.25, 0.3) is 23.6 Å². The number of aliphatic hydroxyl groups is 3. The van der Waals surface area contributed by atoms with Crippen molar-refractivity contribution in [1.29, 1.82) is 0 Å². The molecule has 18 heterocycles. The number of H-pyrrole nitrogens is 4. The molecule has 6 aliphatic rings. The number of rotatable bonds is 20. The second-order valence-corrected chi connectivity index (χ2v) is 34.2. The molecule has 0 saturated carbocycles. The summed E-state index contributed by atoms with van der Waals surface area (Å²) in [6.07, 6.45) is 27.3. The third-order valence-electron chi connectivity index (χ3n) is 24.9. The number of aliphatic hydroxyl groups excluding tert-OH is 3. The van der Waals surface area contributed by atoms with Gasteiger partial charge in [0.1, 0.15) is 23.3 Å². The smallest absolute Gasteiger partial charge is 0.276 e. The lowest BCUT2D eigenvalue weighted by atomic mass is 10.0. The highest BCUT2D eigenvalue weighted by Crippen LogP contribution is 2.34. The van der Waals surface area contributed by atoms with Gasteiger partial charge in [0.05, 0.1) is 107 Å². The van der Waals surface area contributed by atoms with Crippen LogP contribution in [0.3, 0.4) is 0 Å². The van der Waals surface area contributed by atoms with Crippen molar-refractivity contribution in [3.8, 4) is 44.5 Å². The summed E-state index contributed by atoms with van der Waals surface area (Å²) in [5, 5.41) is 72.4. The molecule has 22 rings (SSSR count). The third kappa shape index (κ3) is 21.0. The number of likely N-dealkylation sites (tertiary alicyclic amines) is 1. The van der Waals surface area contributed by atoms with Gasteiger partial charge in [-0.15, -0.1) is 0 Å². The van der Waals surface area contributed by atoms with Crippen LogP contribution in [0.2, 0.25) is 0 Å². The summed E-state index contributed by atoms with van der Waals surface area (Å²) in [6, 6.07) is 48.5. The Labute approximate surface area is 770 Å². The van der Waals surface area contributed by atoms with E-state index in [9.17, 15) is 34.5 Å². The van der Waals surface area contributed by atoms with E-state index in [0.717, 1.165) is 260 Å². The molecule has 35 nitrogen and oxygen atoms in total. The minimum atomic E-state index is -0.324. The molecule has 6 fully saturated rings. The molecule has 4 aromatic carbocycles. The number of benzene rings is 4. The second kappa shape index (κ2) is 40.5. The Morgan fingerprint density at radius 1 is 0.336 bits per heavy atom. The molecule has 13 N–H and O–H groups in total. The summed E-state index contributed by atoms with van der Waals surface area (Å²) in [4.78, 5) is 100. The maximum absolute atomic E-state index is 13.1. The zero-order valence-corrected chi connectivity index (χ0v) is 73.6. The fourth-order valence-corrected chi connectivity index (χ4v) is 17.1. The number of ether oxygens (including phenoxy) is 1. The largest absolute Gasteiger partial charge is 0.397 e. The number of carbonyl (C=O) groups excluding carboxylic acids is 4. The van der Waals surface area contributed by atoms with Crippen LogP contribution < -0.4 is 46.6 Å².